The first-order valence-electron chi connectivity index (χ1n) is 8.64. The molecule has 3 rings (SSSR count). The van der Waals surface area contributed by atoms with Crippen LogP contribution in [0.4, 0.5) is 15.0 Å². The summed E-state index contributed by atoms with van der Waals surface area (Å²) >= 11 is 0. The summed E-state index contributed by atoms with van der Waals surface area (Å²) in [5.74, 6) is 0.475. The maximum atomic E-state index is 13.0. The Kier molecular flexibility index (Phi) is 5.06. The van der Waals surface area contributed by atoms with Crippen LogP contribution in [-0.2, 0) is 4.74 Å². The topological polar surface area (TPSA) is 67.3 Å². The van der Waals surface area contributed by atoms with Crippen LogP contribution in [0.5, 0.6) is 0 Å². The zero-order valence-electron chi connectivity index (χ0n) is 15.2. The first-order chi connectivity index (χ1) is 12.3. The fourth-order valence-corrected chi connectivity index (χ4v) is 2.83. The van der Waals surface area contributed by atoms with Crippen molar-refractivity contribution in [2.45, 2.75) is 38.8 Å². The molecule has 1 fully saturated rings. The third-order valence-electron chi connectivity index (χ3n) is 4.02. The maximum absolute atomic E-state index is 13.0. The molecule has 0 radical (unpaired) electrons. The molecule has 6 nitrogen and oxygen atoms in total. The molecule has 138 valence electrons. The van der Waals surface area contributed by atoms with E-state index in [4.69, 9.17) is 4.74 Å². The summed E-state index contributed by atoms with van der Waals surface area (Å²) in [4.78, 5) is 13.9. The predicted molar refractivity (Wildman–Crippen MR) is 97.4 cm³/mol. The monoisotopic (exact) mass is 358 g/mol. The number of carbonyl (C=O) groups is 1. The molecule has 0 aliphatic carbocycles. The highest BCUT2D eigenvalue weighted by atomic mass is 19.1. The summed E-state index contributed by atoms with van der Waals surface area (Å²) < 4.78 is 18.3. The smallest absolute Gasteiger partial charge is 0.407 e. The van der Waals surface area contributed by atoms with Gasteiger partial charge >= 0.3 is 6.09 Å². The van der Waals surface area contributed by atoms with Gasteiger partial charge in [0.05, 0.1) is 11.7 Å². The number of benzene rings is 1. The van der Waals surface area contributed by atoms with E-state index < -0.39 is 11.7 Å². The summed E-state index contributed by atoms with van der Waals surface area (Å²) in [6.07, 6.45) is 0.419. The van der Waals surface area contributed by atoms with Crippen LogP contribution in [-0.4, -0.2) is 41.0 Å². The summed E-state index contributed by atoms with van der Waals surface area (Å²) in [6, 6.07) is 9.93. The van der Waals surface area contributed by atoms with Gasteiger partial charge in [0.25, 0.3) is 0 Å². The molecule has 7 heteroatoms. The number of nitrogens with zero attached hydrogens (tertiary/aromatic N) is 3. The van der Waals surface area contributed by atoms with Gasteiger partial charge in [-0.05, 0) is 63.6 Å². The first kappa shape index (κ1) is 18.1. The molecule has 0 spiro atoms. The number of nitrogens with one attached hydrogen (secondary N) is 1. The van der Waals surface area contributed by atoms with Gasteiger partial charge in [0, 0.05) is 18.7 Å². The lowest BCUT2D eigenvalue weighted by atomic mass is 10.1. The van der Waals surface area contributed by atoms with Crippen molar-refractivity contribution in [3.63, 3.8) is 0 Å². The minimum absolute atomic E-state index is 0.0171. The molecule has 1 unspecified atom stereocenters. The first-order valence-corrected chi connectivity index (χ1v) is 8.64. The summed E-state index contributed by atoms with van der Waals surface area (Å²) in [5, 5.41) is 11.4. The van der Waals surface area contributed by atoms with Gasteiger partial charge in [-0.15, -0.1) is 10.2 Å². The van der Waals surface area contributed by atoms with Crippen LogP contribution in [0.2, 0.25) is 0 Å². The van der Waals surface area contributed by atoms with E-state index >= 15 is 0 Å². The lowest BCUT2D eigenvalue weighted by Crippen LogP contribution is -2.40. The van der Waals surface area contributed by atoms with Gasteiger partial charge in [0.1, 0.15) is 11.4 Å². The Morgan fingerprint density at radius 3 is 2.54 bits per heavy atom. The molecule has 2 heterocycles. The van der Waals surface area contributed by atoms with E-state index in [1.54, 1.807) is 12.1 Å². The molecule has 0 bridgehead atoms. The third-order valence-corrected chi connectivity index (χ3v) is 4.02. The van der Waals surface area contributed by atoms with Crippen LogP contribution >= 0.6 is 0 Å². The SMILES string of the molecule is CC(C)(C)OC(=O)NC1CCN(c2ccc(-c3ccc(F)cc3)nn2)C1. The Morgan fingerprint density at radius 2 is 1.92 bits per heavy atom. The van der Waals surface area contributed by atoms with Gasteiger partial charge in [0.2, 0.25) is 0 Å². The number of halogens is 1. The molecule has 0 saturated carbocycles. The van der Waals surface area contributed by atoms with Gasteiger partial charge in [-0.1, -0.05) is 0 Å². The number of rotatable bonds is 3. The van der Waals surface area contributed by atoms with Crippen LogP contribution in [0, 0.1) is 5.82 Å². The molecule has 26 heavy (non-hydrogen) atoms. The second-order valence-electron chi connectivity index (χ2n) is 7.36. The van der Waals surface area contributed by atoms with Crippen LogP contribution in [0.15, 0.2) is 36.4 Å². The quantitative estimate of drug-likeness (QED) is 0.911. The van der Waals surface area contributed by atoms with Crippen LogP contribution < -0.4 is 10.2 Å². The largest absolute Gasteiger partial charge is 0.444 e. The van der Waals surface area contributed by atoms with Crippen molar-refractivity contribution in [1.29, 1.82) is 0 Å². The molecular formula is C19H23FN4O2. The Labute approximate surface area is 152 Å². The molecule has 1 amide bonds. The van der Waals surface area contributed by atoms with E-state index in [0.29, 0.717) is 12.2 Å². The fourth-order valence-electron chi connectivity index (χ4n) is 2.83. The number of carbonyl (C=O) groups excluding carboxylic acids is 1. The highest BCUT2D eigenvalue weighted by molar-refractivity contribution is 5.68. The number of hydrogen-bond donors (Lipinski definition) is 1. The van der Waals surface area contributed by atoms with Crippen molar-refractivity contribution < 1.29 is 13.9 Å². The Hall–Kier alpha value is -2.70. The second-order valence-corrected chi connectivity index (χ2v) is 7.36. The number of amides is 1. The number of aromatic nitrogens is 2. The zero-order valence-corrected chi connectivity index (χ0v) is 15.2. The third kappa shape index (κ3) is 4.68. The highest BCUT2D eigenvalue weighted by Gasteiger charge is 2.27. The van der Waals surface area contributed by atoms with E-state index in [2.05, 4.69) is 20.4 Å². The highest BCUT2D eigenvalue weighted by Crippen LogP contribution is 2.21. The minimum atomic E-state index is -0.510. The standard InChI is InChI=1S/C19H23FN4O2/c1-19(2,3)26-18(25)21-15-10-11-24(12-15)17-9-8-16(22-23-17)13-4-6-14(20)7-5-13/h4-9,15H,10-12H2,1-3H3,(H,21,25). The van der Waals surface area contributed by atoms with E-state index in [9.17, 15) is 9.18 Å². The van der Waals surface area contributed by atoms with Gasteiger partial charge < -0.3 is 15.0 Å². The number of ether oxygens (including phenoxy) is 1. The fraction of sp³-hybridized carbons (Fsp3) is 0.421. The van der Waals surface area contributed by atoms with E-state index in [0.717, 1.165) is 24.3 Å². The zero-order chi connectivity index (χ0) is 18.7. The van der Waals surface area contributed by atoms with Crippen molar-refractivity contribution in [2.24, 2.45) is 0 Å². The van der Waals surface area contributed by atoms with Gasteiger partial charge in [-0.25, -0.2) is 9.18 Å². The average molecular weight is 358 g/mol. The second kappa shape index (κ2) is 7.27. The molecule has 1 aromatic heterocycles. The van der Waals surface area contributed by atoms with Gasteiger partial charge in [0.15, 0.2) is 5.82 Å². The van der Waals surface area contributed by atoms with Crippen molar-refractivity contribution in [2.75, 3.05) is 18.0 Å². The Balaban J connectivity index is 1.59. The maximum Gasteiger partial charge on any atom is 0.407 e. The Bertz CT molecular complexity index is 757. The molecule has 1 atom stereocenters. The van der Waals surface area contributed by atoms with Crippen LogP contribution in [0.25, 0.3) is 11.3 Å². The molecule has 2 aromatic rings. The number of alkyl carbamates (subject to hydrolysis) is 1. The molecule has 1 aliphatic rings. The van der Waals surface area contributed by atoms with E-state index in [-0.39, 0.29) is 11.9 Å². The molecule has 1 N–H and O–H groups in total. The molecular weight excluding hydrogens is 335 g/mol. The van der Waals surface area contributed by atoms with Crippen LogP contribution in [0.1, 0.15) is 27.2 Å². The lowest BCUT2D eigenvalue weighted by molar-refractivity contribution is 0.0509. The average Bonchev–Trinajstić information content (AvgIpc) is 3.02. The van der Waals surface area contributed by atoms with Gasteiger partial charge in [-0.2, -0.15) is 0 Å². The van der Waals surface area contributed by atoms with Crippen molar-refractivity contribution in [3.05, 3.63) is 42.2 Å². The summed E-state index contributed by atoms with van der Waals surface area (Å²) in [5.41, 5.74) is 0.997. The van der Waals surface area contributed by atoms with E-state index in [1.807, 2.05) is 32.9 Å². The normalized spacial score (nSPS) is 17.2. The molecule has 1 saturated heterocycles. The van der Waals surface area contributed by atoms with Crippen molar-refractivity contribution in [1.82, 2.24) is 15.5 Å². The molecule has 1 aromatic carbocycles. The van der Waals surface area contributed by atoms with Crippen LogP contribution in [0.3, 0.4) is 0 Å². The molecule has 1 aliphatic heterocycles. The summed E-state index contributed by atoms with van der Waals surface area (Å²) in [6.45, 7) is 6.96. The lowest BCUT2D eigenvalue weighted by Gasteiger charge is -2.22. The van der Waals surface area contributed by atoms with Gasteiger partial charge in [-0.3, -0.25) is 0 Å². The number of anilines is 1. The Morgan fingerprint density at radius 1 is 1.19 bits per heavy atom. The van der Waals surface area contributed by atoms with E-state index in [1.165, 1.54) is 12.1 Å². The van der Waals surface area contributed by atoms with Crippen molar-refractivity contribution >= 4 is 11.9 Å². The van der Waals surface area contributed by atoms with Crippen molar-refractivity contribution in [3.8, 4) is 11.3 Å². The summed E-state index contributed by atoms with van der Waals surface area (Å²) in [7, 11) is 0. The minimum Gasteiger partial charge on any atom is -0.444 e. The number of hydrogen-bond acceptors (Lipinski definition) is 5. The predicted octanol–water partition coefficient (Wildman–Crippen LogP) is 3.39.